The fraction of sp³-hybridized carbons (Fsp3) is 0.533. The summed E-state index contributed by atoms with van der Waals surface area (Å²) in [5, 5.41) is 9.71. The molecule has 1 amide bonds. The number of hydrogen-bond acceptors (Lipinski definition) is 3. The molecule has 1 atom stereocenters. The van der Waals surface area contributed by atoms with Crippen molar-refractivity contribution in [2.75, 3.05) is 19.6 Å². The Balaban J connectivity index is 1.94. The topological polar surface area (TPSA) is 66.6 Å². The normalized spacial score (nSPS) is 19.4. The number of nitrogens with zero attached hydrogens (tertiary/aromatic N) is 1. The third kappa shape index (κ3) is 3.70. The van der Waals surface area contributed by atoms with Gasteiger partial charge in [0, 0.05) is 18.7 Å². The van der Waals surface area contributed by atoms with Gasteiger partial charge in [-0.25, -0.2) is 0 Å². The number of para-hydroxylation sites is 1. The Morgan fingerprint density at radius 1 is 1.42 bits per heavy atom. The zero-order valence-corrected chi connectivity index (χ0v) is 11.2. The van der Waals surface area contributed by atoms with Gasteiger partial charge in [-0.3, -0.25) is 4.79 Å². The average Bonchev–Trinajstić information content (AvgIpc) is 2.42. The van der Waals surface area contributed by atoms with E-state index in [0.29, 0.717) is 18.0 Å². The summed E-state index contributed by atoms with van der Waals surface area (Å²) in [6.07, 6.45) is 3.48. The zero-order chi connectivity index (χ0) is 13.7. The summed E-state index contributed by atoms with van der Waals surface area (Å²) < 4.78 is 0. The lowest BCUT2D eigenvalue weighted by molar-refractivity contribution is -0.132. The number of amides is 1. The van der Waals surface area contributed by atoms with Crippen molar-refractivity contribution in [1.82, 2.24) is 4.90 Å². The molecule has 1 unspecified atom stereocenters. The second-order valence-electron chi connectivity index (χ2n) is 5.23. The predicted octanol–water partition coefficient (Wildman–Crippen LogP) is 1.52. The first kappa shape index (κ1) is 13.9. The van der Waals surface area contributed by atoms with Crippen molar-refractivity contribution in [3.63, 3.8) is 0 Å². The molecule has 0 bridgehead atoms. The molecule has 1 heterocycles. The molecule has 0 aromatic heterocycles. The Bertz CT molecular complexity index is 432. The number of nitrogens with two attached hydrogens (primary N) is 1. The van der Waals surface area contributed by atoms with Gasteiger partial charge in [-0.1, -0.05) is 18.2 Å². The van der Waals surface area contributed by atoms with Gasteiger partial charge in [-0.15, -0.1) is 0 Å². The molecule has 0 spiro atoms. The van der Waals surface area contributed by atoms with E-state index in [0.717, 1.165) is 32.4 Å². The van der Waals surface area contributed by atoms with Crippen LogP contribution in [-0.4, -0.2) is 35.5 Å². The molecule has 4 nitrogen and oxygen atoms in total. The maximum absolute atomic E-state index is 12.3. The molecule has 0 saturated carbocycles. The highest BCUT2D eigenvalue weighted by molar-refractivity contribution is 5.79. The molecule has 1 aromatic rings. The highest BCUT2D eigenvalue weighted by atomic mass is 16.3. The van der Waals surface area contributed by atoms with Crippen LogP contribution in [0.25, 0.3) is 0 Å². The Hall–Kier alpha value is -1.55. The maximum Gasteiger partial charge on any atom is 0.227 e. The predicted molar refractivity (Wildman–Crippen MR) is 74.8 cm³/mol. The van der Waals surface area contributed by atoms with Crippen molar-refractivity contribution in [3.05, 3.63) is 29.8 Å². The Labute approximate surface area is 114 Å². The fourth-order valence-corrected chi connectivity index (χ4v) is 2.70. The van der Waals surface area contributed by atoms with E-state index in [1.54, 1.807) is 18.2 Å². The monoisotopic (exact) mass is 262 g/mol. The van der Waals surface area contributed by atoms with E-state index < -0.39 is 0 Å². The van der Waals surface area contributed by atoms with E-state index >= 15 is 0 Å². The highest BCUT2D eigenvalue weighted by Crippen LogP contribution is 2.21. The minimum absolute atomic E-state index is 0.100. The van der Waals surface area contributed by atoms with Crippen molar-refractivity contribution in [2.45, 2.75) is 25.7 Å². The highest BCUT2D eigenvalue weighted by Gasteiger charge is 2.23. The van der Waals surface area contributed by atoms with E-state index in [4.69, 9.17) is 5.73 Å². The third-order valence-corrected chi connectivity index (χ3v) is 3.78. The van der Waals surface area contributed by atoms with Crippen LogP contribution in [0.1, 0.15) is 24.8 Å². The SMILES string of the molecule is NCCC1CCCN(C(=O)Cc2ccccc2O)C1. The molecule has 0 aliphatic carbocycles. The third-order valence-electron chi connectivity index (χ3n) is 3.78. The van der Waals surface area contributed by atoms with Gasteiger partial charge in [0.15, 0.2) is 0 Å². The lowest BCUT2D eigenvalue weighted by atomic mass is 9.94. The summed E-state index contributed by atoms with van der Waals surface area (Å²) >= 11 is 0. The van der Waals surface area contributed by atoms with Crippen molar-refractivity contribution in [3.8, 4) is 5.75 Å². The van der Waals surface area contributed by atoms with Crippen LogP contribution in [0.15, 0.2) is 24.3 Å². The fourth-order valence-electron chi connectivity index (χ4n) is 2.70. The smallest absolute Gasteiger partial charge is 0.227 e. The maximum atomic E-state index is 12.3. The van der Waals surface area contributed by atoms with Crippen molar-refractivity contribution in [1.29, 1.82) is 0 Å². The first-order valence-corrected chi connectivity index (χ1v) is 6.95. The van der Waals surface area contributed by atoms with Gasteiger partial charge >= 0.3 is 0 Å². The number of carbonyl (C=O) groups is 1. The van der Waals surface area contributed by atoms with Crippen LogP contribution in [-0.2, 0) is 11.2 Å². The van der Waals surface area contributed by atoms with Crippen molar-refractivity contribution >= 4 is 5.91 Å². The average molecular weight is 262 g/mol. The van der Waals surface area contributed by atoms with Crippen molar-refractivity contribution < 1.29 is 9.90 Å². The molecule has 1 saturated heterocycles. The van der Waals surface area contributed by atoms with E-state index in [9.17, 15) is 9.90 Å². The zero-order valence-electron chi connectivity index (χ0n) is 11.2. The van der Waals surface area contributed by atoms with Gasteiger partial charge in [0.1, 0.15) is 5.75 Å². The lowest BCUT2D eigenvalue weighted by Gasteiger charge is -2.32. The second kappa shape index (κ2) is 6.57. The molecule has 104 valence electrons. The summed E-state index contributed by atoms with van der Waals surface area (Å²) in [7, 11) is 0. The summed E-state index contributed by atoms with van der Waals surface area (Å²) in [6.45, 7) is 2.32. The van der Waals surface area contributed by atoms with Crippen LogP contribution in [0.5, 0.6) is 5.75 Å². The number of carbonyl (C=O) groups excluding carboxylic acids is 1. The molecular weight excluding hydrogens is 240 g/mol. The molecule has 1 fully saturated rings. The summed E-state index contributed by atoms with van der Waals surface area (Å²) in [4.78, 5) is 14.2. The Morgan fingerprint density at radius 3 is 2.95 bits per heavy atom. The van der Waals surface area contributed by atoms with Gasteiger partial charge in [-0.05, 0) is 37.8 Å². The molecule has 1 aliphatic rings. The summed E-state index contributed by atoms with van der Waals surface area (Å²) in [5.74, 6) is 0.835. The van der Waals surface area contributed by atoms with Crippen LogP contribution >= 0.6 is 0 Å². The summed E-state index contributed by atoms with van der Waals surface area (Å²) in [5.41, 5.74) is 6.29. The number of aromatic hydroxyl groups is 1. The molecule has 1 aromatic carbocycles. The lowest BCUT2D eigenvalue weighted by Crippen LogP contribution is -2.41. The molecular formula is C15H22N2O2. The molecule has 0 radical (unpaired) electrons. The molecule has 3 N–H and O–H groups in total. The second-order valence-corrected chi connectivity index (χ2v) is 5.23. The van der Waals surface area contributed by atoms with E-state index in [1.165, 1.54) is 0 Å². The first-order valence-electron chi connectivity index (χ1n) is 6.95. The summed E-state index contributed by atoms with van der Waals surface area (Å²) in [6, 6.07) is 7.03. The van der Waals surface area contributed by atoms with Gasteiger partial charge in [0.2, 0.25) is 5.91 Å². The van der Waals surface area contributed by atoms with Gasteiger partial charge < -0.3 is 15.7 Å². The Kier molecular flexibility index (Phi) is 4.80. The number of phenolic OH excluding ortho intramolecular Hbond substituents is 1. The Morgan fingerprint density at radius 2 is 2.21 bits per heavy atom. The van der Waals surface area contributed by atoms with Crippen LogP contribution < -0.4 is 5.73 Å². The van der Waals surface area contributed by atoms with E-state index in [-0.39, 0.29) is 18.1 Å². The standard InChI is InChI=1S/C15H22N2O2/c16-8-7-12-4-3-9-17(11-12)15(19)10-13-5-1-2-6-14(13)18/h1-2,5-6,12,18H,3-4,7-11,16H2. The van der Waals surface area contributed by atoms with E-state index in [2.05, 4.69) is 0 Å². The number of rotatable bonds is 4. The number of hydrogen-bond donors (Lipinski definition) is 2. The van der Waals surface area contributed by atoms with Gasteiger partial charge in [0.05, 0.1) is 6.42 Å². The van der Waals surface area contributed by atoms with Crippen LogP contribution in [0.2, 0.25) is 0 Å². The van der Waals surface area contributed by atoms with Gasteiger partial charge in [-0.2, -0.15) is 0 Å². The van der Waals surface area contributed by atoms with Gasteiger partial charge in [0.25, 0.3) is 0 Å². The van der Waals surface area contributed by atoms with Crippen LogP contribution in [0, 0.1) is 5.92 Å². The largest absolute Gasteiger partial charge is 0.508 e. The minimum Gasteiger partial charge on any atom is -0.508 e. The number of benzene rings is 1. The molecule has 19 heavy (non-hydrogen) atoms. The van der Waals surface area contributed by atoms with Crippen LogP contribution in [0.3, 0.4) is 0 Å². The molecule has 1 aliphatic heterocycles. The molecule has 2 rings (SSSR count). The number of likely N-dealkylation sites (tertiary alicyclic amines) is 1. The van der Waals surface area contributed by atoms with Crippen molar-refractivity contribution in [2.24, 2.45) is 11.7 Å². The first-order chi connectivity index (χ1) is 9.20. The van der Waals surface area contributed by atoms with Crippen LogP contribution in [0.4, 0.5) is 0 Å². The quantitative estimate of drug-likeness (QED) is 0.864. The number of phenols is 1. The number of piperidine rings is 1. The molecule has 4 heteroatoms. The minimum atomic E-state index is 0.100. The van der Waals surface area contributed by atoms with E-state index in [1.807, 2.05) is 11.0 Å².